The van der Waals surface area contributed by atoms with E-state index >= 15 is 0 Å². The van der Waals surface area contributed by atoms with Crippen LogP contribution in [0.5, 0.6) is 5.75 Å². The molecule has 2 heterocycles. The summed E-state index contributed by atoms with van der Waals surface area (Å²) in [6.07, 6.45) is 1.26. The van der Waals surface area contributed by atoms with E-state index in [1.165, 1.54) is 36.9 Å². The Labute approximate surface area is 269 Å². The Morgan fingerprint density at radius 3 is 2.33 bits per heavy atom. The van der Waals surface area contributed by atoms with Crippen LogP contribution in [0.25, 0.3) is 0 Å². The van der Waals surface area contributed by atoms with E-state index < -0.39 is 16.3 Å². The number of aliphatic hydroxyl groups excluding tert-OH is 1. The number of halogens is 1. The van der Waals surface area contributed by atoms with Crippen LogP contribution in [0, 0.1) is 5.82 Å². The number of amides is 1. The SMILES string of the molecule is COc1ccc(S(=O)(=O)N(CCO)CCO[C@H]2C[C@@H](c3ccc(F)cc3)C=C(C(=O)N3CCN(Cc4ccccc4)CC3)O2)cc1. The monoisotopic (exact) mass is 653 g/mol. The number of nitrogens with zero attached hydrogens (tertiary/aromatic N) is 3. The molecule has 5 rings (SSSR count). The first kappa shape index (κ1) is 33.6. The number of aliphatic hydroxyl groups is 1. The summed E-state index contributed by atoms with van der Waals surface area (Å²) in [4.78, 5) is 17.8. The molecule has 3 aromatic rings. The van der Waals surface area contributed by atoms with Crippen LogP contribution < -0.4 is 4.74 Å². The summed E-state index contributed by atoms with van der Waals surface area (Å²) in [5.74, 6) is -0.217. The van der Waals surface area contributed by atoms with E-state index in [-0.39, 0.29) is 54.6 Å². The van der Waals surface area contributed by atoms with Crippen LogP contribution in [0.3, 0.4) is 0 Å². The quantitative estimate of drug-likeness (QED) is 0.298. The van der Waals surface area contributed by atoms with Gasteiger partial charge in [-0.1, -0.05) is 42.5 Å². The van der Waals surface area contributed by atoms with E-state index in [0.29, 0.717) is 25.3 Å². The molecule has 3 aromatic carbocycles. The highest BCUT2D eigenvalue weighted by Crippen LogP contribution is 2.32. The number of carbonyl (C=O) groups is 1. The molecular formula is C34H40FN3O7S. The van der Waals surface area contributed by atoms with Crippen molar-refractivity contribution in [3.63, 3.8) is 0 Å². The lowest BCUT2D eigenvalue weighted by Gasteiger charge is -2.36. The molecule has 0 spiro atoms. The molecule has 0 aromatic heterocycles. The number of rotatable bonds is 13. The Hall–Kier alpha value is -3.81. The zero-order chi connectivity index (χ0) is 32.5. The average Bonchev–Trinajstić information content (AvgIpc) is 3.08. The van der Waals surface area contributed by atoms with Crippen LogP contribution in [0.15, 0.2) is 95.6 Å². The second-order valence-electron chi connectivity index (χ2n) is 11.2. The minimum Gasteiger partial charge on any atom is -0.497 e. The van der Waals surface area contributed by atoms with Crippen LogP contribution in [0.2, 0.25) is 0 Å². The van der Waals surface area contributed by atoms with Gasteiger partial charge in [-0.3, -0.25) is 9.69 Å². The molecule has 1 amide bonds. The molecule has 1 saturated heterocycles. The van der Waals surface area contributed by atoms with E-state index in [9.17, 15) is 22.7 Å². The Morgan fingerprint density at radius 1 is 0.978 bits per heavy atom. The van der Waals surface area contributed by atoms with Crippen molar-refractivity contribution in [1.82, 2.24) is 14.1 Å². The van der Waals surface area contributed by atoms with Crippen molar-refractivity contribution in [2.24, 2.45) is 0 Å². The van der Waals surface area contributed by atoms with Crippen molar-refractivity contribution in [3.8, 4) is 5.75 Å². The highest BCUT2D eigenvalue weighted by atomic mass is 32.2. The first-order chi connectivity index (χ1) is 22.3. The molecule has 1 fully saturated rings. The van der Waals surface area contributed by atoms with Gasteiger partial charge in [0.15, 0.2) is 5.76 Å². The predicted octanol–water partition coefficient (Wildman–Crippen LogP) is 3.59. The predicted molar refractivity (Wildman–Crippen MR) is 170 cm³/mol. The van der Waals surface area contributed by atoms with E-state index in [2.05, 4.69) is 17.0 Å². The number of carbonyl (C=O) groups excluding carboxylic acids is 1. The fraction of sp³-hybridized carbons (Fsp3) is 0.382. The van der Waals surface area contributed by atoms with Gasteiger partial charge in [-0.15, -0.1) is 0 Å². The van der Waals surface area contributed by atoms with Crippen LogP contribution in [-0.2, 0) is 30.8 Å². The molecule has 0 radical (unpaired) electrons. The molecule has 246 valence electrons. The van der Waals surface area contributed by atoms with Gasteiger partial charge in [-0.05, 0) is 53.6 Å². The molecule has 0 bridgehead atoms. The molecular weight excluding hydrogens is 613 g/mol. The number of ether oxygens (including phenoxy) is 3. The highest BCUT2D eigenvalue weighted by molar-refractivity contribution is 7.89. The number of methoxy groups -OCH3 is 1. The van der Waals surface area contributed by atoms with E-state index in [1.807, 2.05) is 18.2 Å². The molecule has 46 heavy (non-hydrogen) atoms. The van der Waals surface area contributed by atoms with Gasteiger partial charge in [-0.25, -0.2) is 12.8 Å². The summed E-state index contributed by atoms with van der Waals surface area (Å²) in [7, 11) is -2.43. The number of hydrogen-bond acceptors (Lipinski definition) is 8. The summed E-state index contributed by atoms with van der Waals surface area (Å²) in [5, 5.41) is 9.60. The smallest absolute Gasteiger partial charge is 0.288 e. The first-order valence-electron chi connectivity index (χ1n) is 15.3. The summed E-state index contributed by atoms with van der Waals surface area (Å²) in [5.41, 5.74) is 2.03. The second-order valence-corrected chi connectivity index (χ2v) is 13.1. The fourth-order valence-electron chi connectivity index (χ4n) is 5.61. The Bertz CT molecular complexity index is 1560. The fourth-order valence-corrected chi connectivity index (χ4v) is 7.02. The minimum atomic E-state index is -3.93. The van der Waals surface area contributed by atoms with Gasteiger partial charge in [0.2, 0.25) is 16.3 Å². The van der Waals surface area contributed by atoms with Crippen LogP contribution in [0.1, 0.15) is 23.5 Å². The second kappa shape index (κ2) is 15.7. The molecule has 12 heteroatoms. The molecule has 0 saturated carbocycles. The maximum absolute atomic E-state index is 13.7. The third-order valence-corrected chi connectivity index (χ3v) is 10.1. The van der Waals surface area contributed by atoms with Crippen LogP contribution in [-0.4, -0.2) is 99.4 Å². The van der Waals surface area contributed by atoms with E-state index in [0.717, 1.165) is 29.5 Å². The largest absolute Gasteiger partial charge is 0.497 e. The van der Waals surface area contributed by atoms with Crippen LogP contribution in [0.4, 0.5) is 4.39 Å². The summed E-state index contributed by atoms with van der Waals surface area (Å²) in [6.45, 7) is 2.74. The maximum Gasteiger partial charge on any atom is 0.288 e. The van der Waals surface area contributed by atoms with E-state index in [1.54, 1.807) is 35.2 Å². The first-order valence-corrected chi connectivity index (χ1v) is 16.8. The standard InChI is InChI=1S/C34H40FN3O7S/c1-43-30-11-13-31(14-12-30)46(41,42)38(19-21-39)20-22-44-33-24-28(27-7-9-29(35)10-8-27)23-32(45-33)34(40)37-17-15-36(16-18-37)25-26-5-3-2-4-6-26/h2-14,23,28,33,39H,15-22,24-25H2,1H3/t28-,33+/m0/s1. The third-order valence-electron chi connectivity index (χ3n) is 8.17. The minimum absolute atomic E-state index is 0.0458. The highest BCUT2D eigenvalue weighted by Gasteiger charge is 2.33. The molecule has 2 aliphatic rings. The molecule has 2 atom stereocenters. The number of benzene rings is 3. The molecule has 1 N–H and O–H groups in total. The summed E-state index contributed by atoms with van der Waals surface area (Å²) >= 11 is 0. The normalized spacial score (nSPS) is 19.0. The van der Waals surface area contributed by atoms with Crippen molar-refractivity contribution in [2.75, 3.05) is 59.6 Å². The molecule has 0 aliphatic carbocycles. The molecule has 0 unspecified atom stereocenters. The zero-order valence-corrected chi connectivity index (χ0v) is 26.6. The number of allylic oxidation sites excluding steroid dienone is 1. The van der Waals surface area contributed by atoms with Gasteiger partial charge in [0.25, 0.3) is 5.91 Å². The van der Waals surface area contributed by atoms with Crippen molar-refractivity contribution < 1.29 is 36.9 Å². The van der Waals surface area contributed by atoms with Crippen molar-refractivity contribution in [2.45, 2.75) is 30.1 Å². The summed E-state index contributed by atoms with van der Waals surface area (Å²) < 4.78 is 58.7. The van der Waals surface area contributed by atoms with E-state index in [4.69, 9.17) is 14.2 Å². The van der Waals surface area contributed by atoms with Crippen molar-refractivity contribution in [1.29, 1.82) is 0 Å². The Balaban J connectivity index is 1.24. The number of piperazine rings is 1. The van der Waals surface area contributed by atoms with Crippen molar-refractivity contribution >= 4 is 15.9 Å². The zero-order valence-electron chi connectivity index (χ0n) is 25.8. The number of hydrogen-bond donors (Lipinski definition) is 1. The van der Waals surface area contributed by atoms with Crippen LogP contribution >= 0.6 is 0 Å². The topological polar surface area (TPSA) is 109 Å². The lowest BCUT2D eigenvalue weighted by molar-refractivity contribution is -0.154. The lowest BCUT2D eigenvalue weighted by Crippen LogP contribution is -2.49. The molecule has 2 aliphatic heterocycles. The lowest BCUT2D eigenvalue weighted by atomic mass is 9.93. The van der Waals surface area contributed by atoms with Gasteiger partial charge in [-0.2, -0.15) is 4.31 Å². The average molecular weight is 654 g/mol. The van der Waals surface area contributed by atoms with Gasteiger partial charge >= 0.3 is 0 Å². The Morgan fingerprint density at radius 2 is 1.67 bits per heavy atom. The van der Waals surface area contributed by atoms with Gasteiger partial charge in [0.1, 0.15) is 11.6 Å². The Kier molecular flexibility index (Phi) is 11.4. The molecule has 10 nitrogen and oxygen atoms in total. The number of sulfonamides is 1. The third kappa shape index (κ3) is 8.51. The van der Waals surface area contributed by atoms with Gasteiger partial charge in [0, 0.05) is 58.2 Å². The van der Waals surface area contributed by atoms with Gasteiger partial charge in [0.05, 0.1) is 25.2 Å². The maximum atomic E-state index is 13.7. The van der Waals surface area contributed by atoms with Crippen molar-refractivity contribution in [3.05, 3.63) is 108 Å². The summed E-state index contributed by atoms with van der Waals surface area (Å²) in [6, 6.07) is 22.3. The van der Waals surface area contributed by atoms with Gasteiger partial charge < -0.3 is 24.2 Å².